The van der Waals surface area contributed by atoms with Gasteiger partial charge in [0.2, 0.25) is 0 Å². The van der Waals surface area contributed by atoms with Gasteiger partial charge in [-0.2, -0.15) is 0 Å². The van der Waals surface area contributed by atoms with Gasteiger partial charge in [0, 0.05) is 24.4 Å². The van der Waals surface area contributed by atoms with Crippen LogP contribution in [0.2, 0.25) is 0 Å². The van der Waals surface area contributed by atoms with Crippen LogP contribution in [0.4, 0.5) is 0 Å². The maximum absolute atomic E-state index is 12.9. The third-order valence-corrected chi connectivity index (χ3v) is 5.83. The normalized spacial score (nSPS) is 21.9. The molecule has 0 spiro atoms. The number of aryl methyl sites for hydroxylation is 2. The molecular weight excluding hydrogens is 310 g/mol. The topological polar surface area (TPSA) is 55.3 Å². The fraction of sp³-hybridized carbons (Fsp3) is 0.588. The zero-order chi connectivity index (χ0) is 16.1. The Hall–Kier alpha value is -1.53. The molecule has 1 saturated carbocycles. The Morgan fingerprint density at radius 3 is 2.78 bits per heavy atom. The lowest BCUT2D eigenvalue weighted by Crippen LogP contribution is -2.44. The Kier molecular flexibility index (Phi) is 3.61. The van der Waals surface area contributed by atoms with Crippen molar-refractivity contribution in [2.45, 2.75) is 45.6 Å². The minimum atomic E-state index is 0.102. The van der Waals surface area contributed by atoms with Crippen LogP contribution < -0.4 is 0 Å². The predicted molar refractivity (Wildman–Crippen MR) is 90.2 cm³/mol. The molecule has 0 aromatic carbocycles. The van der Waals surface area contributed by atoms with Crippen molar-refractivity contribution in [3.8, 4) is 0 Å². The van der Waals surface area contributed by atoms with Crippen molar-refractivity contribution in [2.75, 3.05) is 19.7 Å². The highest BCUT2D eigenvalue weighted by Crippen LogP contribution is 2.40. The zero-order valence-corrected chi connectivity index (χ0v) is 14.6. The second kappa shape index (κ2) is 5.53. The number of carbonyl (C=O) groups excluding carboxylic acids is 1. The van der Waals surface area contributed by atoms with Crippen molar-refractivity contribution in [1.82, 2.24) is 14.9 Å². The van der Waals surface area contributed by atoms with Crippen LogP contribution in [0.5, 0.6) is 0 Å². The molecule has 0 unspecified atom stereocenters. The number of carbonyl (C=O) groups is 1. The summed E-state index contributed by atoms with van der Waals surface area (Å²) in [6.07, 6.45) is 2.48. The van der Waals surface area contributed by atoms with E-state index in [2.05, 4.69) is 4.98 Å². The van der Waals surface area contributed by atoms with Gasteiger partial charge in [0.25, 0.3) is 5.91 Å². The first-order valence-electron chi connectivity index (χ1n) is 8.23. The van der Waals surface area contributed by atoms with E-state index in [1.54, 1.807) is 0 Å². The molecule has 1 amide bonds. The average molecular weight is 331 g/mol. The fourth-order valence-corrected chi connectivity index (χ4v) is 4.44. The van der Waals surface area contributed by atoms with E-state index in [4.69, 9.17) is 9.72 Å². The molecule has 3 heterocycles. The number of nitrogens with zero attached hydrogens (tertiary/aromatic N) is 3. The Labute approximate surface area is 139 Å². The van der Waals surface area contributed by atoms with Crippen LogP contribution >= 0.6 is 11.3 Å². The van der Waals surface area contributed by atoms with Gasteiger partial charge in [-0.25, -0.2) is 9.97 Å². The number of hydrogen-bond donors (Lipinski definition) is 0. The second-order valence-corrected chi connectivity index (χ2v) is 7.61. The molecule has 1 aliphatic carbocycles. The fourth-order valence-electron chi connectivity index (χ4n) is 3.23. The molecule has 1 saturated heterocycles. The summed E-state index contributed by atoms with van der Waals surface area (Å²) in [4.78, 5) is 26.0. The van der Waals surface area contributed by atoms with Crippen molar-refractivity contribution in [3.05, 3.63) is 22.0 Å². The monoisotopic (exact) mass is 331 g/mol. The van der Waals surface area contributed by atoms with Gasteiger partial charge in [-0.05, 0) is 39.2 Å². The number of hydrogen-bond acceptors (Lipinski definition) is 5. The Bertz CT molecular complexity index is 782. The Balaban J connectivity index is 1.73. The molecule has 2 aliphatic rings. The zero-order valence-electron chi connectivity index (χ0n) is 13.8. The van der Waals surface area contributed by atoms with Crippen molar-refractivity contribution >= 4 is 27.5 Å². The number of ether oxygens (including phenoxy) is 1. The van der Waals surface area contributed by atoms with Crippen LogP contribution in [-0.2, 0) is 4.74 Å². The van der Waals surface area contributed by atoms with Gasteiger partial charge in [-0.1, -0.05) is 0 Å². The summed E-state index contributed by atoms with van der Waals surface area (Å²) in [5, 5.41) is 1.06. The summed E-state index contributed by atoms with van der Waals surface area (Å²) in [6, 6.07) is 0. The summed E-state index contributed by atoms with van der Waals surface area (Å²) in [6.45, 7) is 7.99. The highest BCUT2D eigenvalue weighted by Gasteiger charge is 2.30. The van der Waals surface area contributed by atoms with E-state index < -0.39 is 0 Å². The first kappa shape index (κ1) is 15.0. The van der Waals surface area contributed by atoms with Crippen LogP contribution in [0.25, 0.3) is 10.2 Å². The predicted octanol–water partition coefficient (Wildman–Crippen LogP) is 3.05. The van der Waals surface area contributed by atoms with Crippen molar-refractivity contribution in [1.29, 1.82) is 0 Å². The van der Waals surface area contributed by atoms with E-state index >= 15 is 0 Å². The maximum Gasteiger partial charge on any atom is 0.264 e. The highest BCUT2D eigenvalue weighted by atomic mass is 32.1. The standard InChI is InChI=1S/C17H21N3O2S/c1-9-8-20(6-7-22-9)17(21)14-10(2)13-11(3)18-15(12-4-5-12)19-16(13)23-14/h9,12H,4-8H2,1-3H3/t9-/m0/s1. The van der Waals surface area contributed by atoms with Gasteiger partial charge < -0.3 is 9.64 Å². The molecule has 5 nitrogen and oxygen atoms in total. The van der Waals surface area contributed by atoms with Gasteiger partial charge in [-0.3, -0.25) is 4.79 Å². The third kappa shape index (κ3) is 2.64. The van der Waals surface area contributed by atoms with Crippen LogP contribution in [-0.4, -0.2) is 46.6 Å². The first-order chi connectivity index (χ1) is 11.0. The van der Waals surface area contributed by atoms with Crippen LogP contribution in [0.15, 0.2) is 0 Å². The van der Waals surface area contributed by atoms with Gasteiger partial charge in [0.1, 0.15) is 10.7 Å². The lowest BCUT2D eigenvalue weighted by atomic mass is 10.1. The van der Waals surface area contributed by atoms with Crippen LogP contribution in [0.3, 0.4) is 0 Å². The summed E-state index contributed by atoms with van der Waals surface area (Å²) < 4.78 is 5.54. The van der Waals surface area contributed by atoms with Gasteiger partial charge >= 0.3 is 0 Å². The number of morpholine rings is 1. The lowest BCUT2D eigenvalue weighted by molar-refractivity contribution is -0.0122. The van der Waals surface area contributed by atoms with E-state index in [-0.39, 0.29) is 12.0 Å². The van der Waals surface area contributed by atoms with Crippen LogP contribution in [0, 0.1) is 13.8 Å². The van der Waals surface area contributed by atoms with E-state index in [1.807, 2.05) is 25.7 Å². The molecule has 2 aromatic rings. The largest absolute Gasteiger partial charge is 0.375 e. The van der Waals surface area contributed by atoms with E-state index in [9.17, 15) is 4.79 Å². The smallest absolute Gasteiger partial charge is 0.264 e. The second-order valence-electron chi connectivity index (χ2n) is 6.61. The minimum absolute atomic E-state index is 0.102. The third-order valence-electron chi connectivity index (χ3n) is 4.65. The highest BCUT2D eigenvalue weighted by molar-refractivity contribution is 7.20. The summed E-state index contributed by atoms with van der Waals surface area (Å²) in [5.41, 5.74) is 2.02. The SMILES string of the molecule is Cc1nc(C2CC2)nc2sc(C(=O)N3CCO[C@@H](C)C3)c(C)c12. The summed E-state index contributed by atoms with van der Waals surface area (Å²) in [7, 11) is 0. The molecule has 23 heavy (non-hydrogen) atoms. The molecule has 6 heteroatoms. The summed E-state index contributed by atoms with van der Waals surface area (Å²) in [5.74, 6) is 1.59. The maximum atomic E-state index is 12.9. The molecule has 4 rings (SSSR count). The van der Waals surface area contributed by atoms with Crippen molar-refractivity contribution < 1.29 is 9.53 Å². The molecule has 1 atom stereocenters. The molecule has 0 radical (unpaired) electrons. The average Bonchev–Trinajstić information content (AvgIpc) is 3.31. The number of thiophene rings is 1. The Morgan fingerprint density at radius 1 is 1.30 bits per heavy atom. The number of amides is 1. The van der Waals surface area contributed by atoms with Gasteiger partial charge in [0.05, 0.1) is 23.3 Å². The Morgan fingerprint density at radius 2 is 2.09 bits per heavy atom. The number of rotatable bonds is 2. The van der Waals surface area contributed by atoms with Crippen molar-refractivity contribution in [3.63, 3.8) is 0 Å². The van der Waals surface area contributed by atoms with Crippen LogP contribution in [0.1, 0.15) is 52.4 Å². The van der Waals surface area contributed by atoms with Gasteiger partial charge in [-0.15, -0.1) is 11.3 Å². The molecule has 0 bridgehead atoms. The van der Waals surface area contributed by atoms with E-state index in [1.165, 1.54) is 24.2 Å². The number of fused-ring (bicyclic) bond motifs is 1. The molecule has 1 aliphatic heterocycles. The van der Waals surface area contributed by atoms with Gasteiger partial charge in [0.15, 0.2) is 0 Å². The van der Waals surface area contributed by atoms with E-state index in [0.29, 0.717) is 25.6 Å². The van der Waals surface area contributed by atoms with Crippen molar-refractivity contribution in [2.24, 2.45) is 0 Å². The molecule has 122 valence electrons. The molecule has 2 fully saturated rings. The lowest BCUT2D eigenvalue weighted by Gasteiger charge is -2.31. The molecule has 0 N–H and O–H groups in total. The number of aromatic nitrogens is 2. The molecule has 2 aromatic heterocycles. The minimum Gasteiger partial charge on any atom is -0.375 e. The van der Waals surface area contributed by atoms with E-state index in [0.717, 1.165) is 32.2 Å². The summed E-state index contributed by atoms with van der Waals surface area (Å²) >= 11 is 1.52. The molecular formula is C17H21N3O2S. The quantitative estimate of drug-likeness (QED) is 0.849. The first-order valence-corrected chi connectivity index (χ1v) is 9.04.